The molecule has 2 amide bonds. The van der Waals surface area contributed by atoms with E-state index in [1.54, 1.807) is 10.9 Å². The van der Waals surface area contributed by atoms with Crippen LogP contribution in [0.2, 0.25) is 0 Å². The molecule has 3 rings (SSSR count). The number of carbonyl (C=O) groups is 2. The molecule has 8 nitrogen and oxygen atoms in total. The number of hydrogen-bond acceptors (Lipinski definition) is 5. The molecule has 0 radical (unpaired) electrons. The second-order valence-corrected chi connectivity index (χ2v) is 9.69. The number of sulfone groups is 1. The lowest BCUT2D eigenvalue weighted by molar-refractivity contribution is -0.111. The SMILES string of the molecule is C=CC(=O)Nc1cc(NC(=O)c2cn(C3CCS(=O)(=O)C3)nc2C(C)C)ccc1F. The Morgan fingerprint density at radius 1 is 1.33 bits per heavy atom. The van der Waals surface area contributed by atoms with Crippen LogP contribution in [0, 0.1) is 5.82 Å². The second-order valence-electron chi connectivity index (χ2n) is 7.46. The van der Waals surface area contributed by atoms with Crippen LogP contribution < -0.4 is 10.6 Å². The van der Waals surface area contributed by atoms with Crippen molar-refractivity contribution in [2.24, 2.45) is 0 Å². The molecule has 1 aromatic heterocycles. The summed E-state index contributed by atoms with van der Waals surface area (Å²) in [6.45, 7) is 7.09. The van der Waals surface area contributed by atoms with E-state index in [1.165, 1.54) is 12.1 Å². The largest absolute Gasteiger partial charge is 0.322 e. The number of benzene rings is 1. The van der Waals surface area contributed by atoms with E-state index >= 15 is 0 Å². The van der Waals surface area contributed by atoms with Gasteiger partial charge in [-0.2, -0.15) is 5.10 Å². The standard InChI is InChI=1S/C20H23FN4O4S/c1-4-18(26)23-17-9-13(5-6-16(17)21)22-20(27)15-10-25(24-19(15)12(2)3)14-7-8-30(28,29)11-14/h4-6,9-10,12,14H,1,7-8,11H2,2-3H3,(H,22,27)(H,23,26). The van der Waals surface area contributed by atoms with Gasteiger partial charge in [0.2, 0.25) is 5.91 Å². The highest BCUT2D eigenvalue weighted by Crippen LogP contribution is 2.27. The van der Waals surface area contributed by atoms with E-state index in [4.69, 9.17) is 0 Å². The summed E-state index contributed by atoms with van der Waals surface area (Å²) in [4.78, 5) is 24.3. The summed E-state index contributed by atoms with van der Waals surface area (Å²) >= 11 is 0. The van der Waals surface area contributed by atoms with Crippen molar-refractivity contribution in [3.05, 3.63) is 54.1 Å². The van der Waals surface area contributed by atoms with Gasteiger partial charge in [-0.25, -0.2) is 12.8 Å². The minimum atomic E-state index is -3.10. The molecule has 1 aromatic carbocycles. The van der Waals surface area contributed by atoms with E-state index in [2.05, 4.69) is 22.3 Å². The summed E-state index contributed by atoms with van der Waals surface area (Å²) in [6, 6.07) is 3.50. The number of amides is 2. The number of anilines is 2. The summed E-state index contributed by atoms with van der Waals surface area (Å²) in [5.74, 6) is -1.66. The molecule has 0 spiro atoms. The number of nitrogens with zero attached hydrogens (tertiary/aromatic N) is 2. The highest BCUT2D eigenvalue weighted by atomic mass is 32.2. The van der Waals surface area contributed by atoms with Gasteiger partial charge in [0.25, 0.3) is 5.91 Å². The van der Waals surface area contributed by atoms with Crippen LogP contribution >= 0.6 is 0 Å². The molecule has 1 aliphatic rings. The summed E-state index contributed by atoms with van der Waals surface area (Å²) < 4.78 is 39.0. The first-order chi connectivity index (χ1) is 14.1. The zero-order chi connectivity index (χ0) is 22.1. The first kappa shape index (κ1) is 21.7. The molecule has 1 unspecified atom stereocenters. The number of halogens is 1. The number of hydrogen-bond donors (Lipinski definition) is 2. The molecular formula is C20H23FN4O4S. The Labute approximate surface area is 174 Å². The number of aromatic nitrogens is 2. The fourth-order valence-corrected chi connectivity index (χ4v) is 4.96. The van der Waals surface area contributed by atoms with Crippen LogP contribution in [0.25, 0.3) is 0 Å². The smallest absolute Gasteiger partial charge is 0.259 e. The molecule has 1 saturated heterocycles. The molecule has 1 fully saturated rings. The Morgan fingerprint density at radius 3 is 2.67 bits per heavy atom. The summed E-state index contributed by atoms with van der Waals surface area (Å²) in [5.41, 5.74) is 1.05. The molecule has 0 bridgehead atoms. The van der Waals surface area contributed by atoms with Crippen LogP contribution in [0.15, 0.2) is 37.1 Å². The molecule has 0 saturated carbocycles. The van der Waals surface area contributed by atoms with E-state index < -0.39 is 27.5 Å². The third kappa shape index (κ3) is 4.76. The van der Waals surface area contributed by atoms with Crippen molar-refractivity contribution < 1.29 is 22.4 Å². The van der Waals surface area contributed by atoms with Gasteiger partial charge < -0.3 is 10.6 Å². The van der Waals surface area contributed by atoms with Crippen molar-refractivity contribution in [2.75, 3.05) is 22.1 Å². The third-order valence-corrected chi connectivity index (χ3v) is 6.55. The maximum atomic E-state index is 13.9. The van der Waals surface area contributed by atoms with Crippen LogP contribution in [0.1, 0.15) is 48.3 Å². The van der Waals surface area contributed by atoms with Gasteiger partial charge in [-0.05, 0) is 36.6 Å². The van der Waals surface area contributed by atoms with Gasteiger partial charge in [-0.15, -0.1) is 0 Å². The van der Waals surface area contributed by atoms with Crippen molar-refractivity contribution in [3.63, 3.8) is 0 Å². The Bertz CT molecular complexity index is 1110. The van der Waals surface area contributed by atoms with Gasteiger partial charge in [-0.1, -0.05) is 20.4 Å². The van der Waals surface area contributed by atoms with Crippen LogP contribution in [-0.2, 0) is 14.6 Å². The molecular weight excluding hydrogens is 411 g/mol. The number of carbonyl (C=O) groups excluding carboxylic acids is 2. The first-order valence-electron chi connectivity index (χ1n) is 9.43. The van der Waals surface area contributed by atoms with Crippen LogP contribution in [0.5, 0.6) is 0 Å². The molecule has 30 heavy (non-hydrogen) atoms. The molecule has 10 heteroatoms. The maximum absolute atomic E-state index is 13.9. The lowest BCUT2D eigenvalue weighted by atomic mass is 10.1. The minimum absolute atomic E-state index is 0.00238. The number of nitrogens with one attached hydrogen (secondary N) is 2. The fraction of sp³-hybridized carbons (Fsp3) is 0.350. The monoisotopic (exact) mass is 434 g/mol. The zero-order valence-corrected chi connectivity index (χ0v) is 17.5. The average Bonchev–Trinajstić information content (AvgIpc) is 3.28. The van der Waals surface area contributed by atoms with Crippen molar-refractivity contribution in [2.45, 2.75) is 32.2 Å². The Balaban J connectivity index is 1.85. The topological polar surface area (TPSA) is 110 Å². The minimum Gasteiger partial charge on any atom is -0.322 e. The normalized spacial score (nSPS) is 17.7. The Hall–Kier alpha value is -3.01. The van der Waals surface area contributed by atoms with E-state index in [1.807, 2.05) is 13.8 Å². The lowest BCUT2D eigenvalue weighted by Gasteiger charge is -2.10. The molecule has 2 N–H and O–H groups in total. The molecule has 1 atom stereocenters. The number of rotatable bonds is 6. The van der Waals surface area contributed by atoms with Crippen LogP contribution in [0.3, 0.4) is 0 Å². The molecule has 160 valence electrons. The average molecular weight is 434 g/mol. The van der Waals surface area contributed by atoms with Crippen LogP contribution in [0.4, 0.5) is 15.8 Å². The van der Waals surface area contributed by atoms with Gasteiger partial charge in [-0.3, -0.25) is 14.3 Å². The van der Waals surface area contributed by atoms with Crippen molar-refractivity contribution in [1.29, 1.82) is 0 Å². The Kier molecular flexibility index (Phi) is 6.06. The van der Waals surface area contributed by atoms with E-state index in [0.717, 1.165) is 12.1 Å². The fourth-order valence-electron chi connectivity index (χ4n) is 3.26. The summed E-state index contributed by atoms with van der Waals surface area (Å²) in [5, 5.41) is 9.48. The summed E-state index contributed by atoms with van der Waals surface area (Å²) in [7, 11) is -3.10. The maximum Gasteiger partial charge on any atom is 0.259 e. The zero-order valence-electron chi connectivity index (χ0n) is 16.7. The van der Waals surface area contributed by atoms with E-state index in [-0.39, 0.29) is 34.8 Å². The van der Waals surface area contributed by atoms with Crippen molar-refractivity contribution in [3.8, 4) is 0 Å². The van der Waals surface area contributed by atoms with E-state index in [0.29, 0.717) is 17.7 Å². The van der Waals surface area contributed by atoms with Crippen LogP contribution in [-0.4, -0.2) is 41.5 Å². The van der Waals surface area contributed by atoms with Gasteiger partial charge in [0.1, 0.15) is 5.82 Å². The molecule has 1 aliphatic heterocycles. The lowest BCUT2D eigenvalue weighted by Crippen LogP contribution is -2.15. The predicted octanol–water partition coefficient (Wildman–Crippen LogP) is 2.88. The third-order valence-electron chi connectivity index (χ3n) is 4.80. The predicted molar refractivity (Wildman–Crippen MR) is 112 cm³/mol. The van der Waals surface area contributed by atoms with Gasteiger partial charge in [0, 0.05) is 11.9 Å². The highest BCUT2D eigenvalue weighted by molar-refractivity contribution is 7.91. The second kappa shape index (κ2) is 8.39. The van der Waals surface area contributed by atoms with Gasteiger partial charge in [0.05, 0.1) is 34.5 Å². The summed E-state index contributed by atoms with van der Waals surface area (Å²) in [6.07, 6.45) is 3.02. The first-order valence-corrected chi connectivity index (χ1v) is 11.3. The molecule has 2 heterocycles. The van der Waals surface area contributed by atoms with Gasteiger partial charge in [0.15, 0.2) is 9.84 Å². The van der Waals surface area contributed by atoms with E-state index in [9.17, 15) is 22.4 Å². The van der Waals surface area contributed by atoms with Crippen molar-refractivity contribution in [1.82, 2.24) is 9.78 Å². The van der Waals surface area contributed by atoms with Crippen molar-refractivity contribution >= 4 is 33.0 Å². The Morgan fingerprint density at radius 2 is 2.07 bits per heavy atom. The quantitative estimate of drug-likeness (QED) is 0.680. The van der Waals surface area contributed by atoms with Gasteiger partial charge >= 0.3 is 0 Å². The molecule has 0 aliphatic carbocycles. The highest BCUT2D eigenvalue weighted by Gasteiger charge is 2.31. The molecule has 2 aromatic rings.